The van der Waals surface area contributed by atoms with Gasteiger partial charge in [-0.2, -0.15) is 0 Å². The van der Waals surface area contributed by atoms with E-state index in [4.69, 9.17) is 13.9 Å². The third-order valence-corrected chi connectivity index (χ3v) is 2.98. The van der Waals surface area contributed by atoms with Gasteiger partial charge >= 0.3 is 11.9 Å². The van der Waals surface area contributed by atoms with Gasteiger partial charge in [-0.3, -0.25) is 10.1 Å². The second kappa shape index (κ2) is 7.26. The number of hydrogen-bond acceptors (Lipinski definition) is 6. The van der Waals surface area contributed by atoms with Crippen molar-refractivity contribution in [1.29, 1.82) is 0 Å². The number of aryl methyl sites for hydroxylation is 1. The molecule has 7 heteroatoms. The summed E-state index contributed by atoms with van der Waals surface area (Å²) in [5, 5.41) is 10.5. The lowest BCUT2D eigenvalue weighted by molar-refractivity contribution is -0.402. The predicted octanol–water partition coefficient (Wildman–Crippen LogP) is 3.26. The lowest BCUT2D eigenvalue weighted by Gasteiger charge is -2.09. The zero-order valence-corrected chi connectivity index (χ0v) is 12.6. The highest BCUT2D eigenvalue weighted by atomic mass is 16.6. The number of nitrogens with zero attached hydrogens (tertiary/aromatic N) is 1. The molecule has 1 heterocycles. The number of benzene rings is 1. The van der Waals surface area contributed by atoms with E-state index in [1.807, 2.05) is 19.1 Å². The quantitative estimate of drug-likeness (QED) is 0.351. The molecule has 0 saturated carbocycles. The summed E-state index contributed by atoms with van der Waals surface area (Å²) in [6, 6.07) is 8.17. The van der Waals surface area contributed by atoms with Gasteiger partial charge in [-0.15, -0.1) is 0 Å². The maximum absolute atomic E-state index is 11.7. The van der Waals surface area contributed by atoms with E-state index in [0.29, 0.717) is 5.75 Å². The van der Waals surface area contributed by atoms with Crippen molar-refractivity contribution < 1.29 is 23.6 Å². The van der Waals surface area contributed by atoms with Gasteiger partial charge in [0.2, 0.25) is 0 Å². The maximum atomic E-state index is 11.7. The number of nitro groups is 1. The Hall–Kier alpha value is -3.09. The van der Waals surface area contributed by atoms with Crippen LogP contribution >= 0.6 is 0 Å². The Bertz CT molecular complexity index is 747. The summed E-state index contributed by atoms with van der Waals surface area (Å²) in [6.45, 7) is 1.99. The van der Waals surface area contributed by atoms with Crippen molar-refractivity contribution in [2.24, 2.45) is 0 Å². The molecule has 23 heavy (non-hydrogen) atoms. The molecule has 1 aromatic carbocycles. The van der Waals surface area contributed by atoms with Gasteiger partial charge < -0.3 is 13.9 Å². The Kier molecular flexibility index (Phi) is 5.14. The van der Waals surface area contributed by atoms with Gasteiger partial charge in [-0.05, 0) is 31.2 Å². The van der Waals surface area contributed by atoms with E-state index in [1.54, 1.807) is 13.2 Å². The molecule has 0 aliphatic heterocycles. The first kappa shape index (κ1) is 16.3. The van der Waals surface area contributed by atoms with Crippen LogP contribution < -0.4 is 4.74 Å². The van der Waals surface area contributed by atoms with E-state index in [-0.39, 0.29) is 18.3 Å². The Balaban J connectivity index is 1.95. The summed E-state index contributed by atoms with van der Waals surface area (Å²) in [7, 11) is 1.54. The van der Waals surface area contributed by atoms with E-state index in [0.717, 1.165) is 17.2 Å². The fourth-order valence-corrected chi connectivity index (χ4v) is 1.90. The summed E-state index contributed by atoms with van der Waals surface area (Å²) in [4.78, 5) is 21.5. The molecule has 0 spiro atoms. The number of rotatable bonds is 6. The van der Waals surface area contributed by atoms with Crippen molar-refractivity contribution in [3.05, 3.63) is 63.4 Å². The van der Waals surface area contributed by atoms with Crippen molar-refractivity contribution in [2.75, 3.05) is 7.11 Å². The Morgan fingerprint density at radius 2 is 2.13 bits per heavy atom. The molecule has 0 amide bonds. The molecule has 0 fully saturated rings. The van der Waals surface area contributed by atoms with Crippen LogP contribution in [0.4, 0.5) is 5.88 Å². The average Bonchev–Trinajstić information content (AvgIpc) is 3.00. The highest BCUT2D eigenvalue weighted by molar-refractivity contribution is 5.86. The number of ether oxygens (including phenoxy) is 2. The van der Waals surface area contributed by atoms with E-state index in [2.05, 4.69) is 0 Å². The molecule has 2 aromatic rings. The van der Waals surface area contributed by atoms with Crippen LogP contribution in [0, 0.1) is 17.0 Å². The molecule has 0 saturated heterocycles. The van der Waals surface area contributed by atoms with Gasteiger partial charge in [0.25, 0.3) is 0 Å². The Morgan fingerprint density at radius 1 is 1.35 bits per heavy atom. The topological polar surface area (TPSA) is 91.8 Å². The molecule has 7 nitrogen and oxygen atoms in total. The van der Waals surface area contributed by atoms with E-state index >= 15 is 0 Å². The minimum atomic E-state index is -0.653. The van der Waals surface area contributed by atoms with Crippen molar-refractivity contribution in [2.45, 2.75) is 13.5 Å². The fourth-order valence-electron chi connectivity index (χ4n) is 1.90. The third-order valence-electron chi connectivity index (χ3n) is 2.98. The monoisotopic (exact) mass is 317 g/mol. The van der Waals surface area contributed by atoms with Crippen LogP contribution in [0.2, 0.25) is 0 Å². The van der Waals surface area contributed by atoms with Gasteiger partial charge in [0.15, 0.2) is 0 Å². The van der Waals surface area contributed by atoms with E-state index < -0.39 is 10.9 Å². The lowest BCUT2D eigenvalue weighted by Crippen LogP contribution is -2.02. The first-order chi connectivity index (χ1) is 11.0. The SMILES string of the molecule is COc1ccc(C)cc1COC(=O)/C=C/c1ccc([N+](=O)[O-])o1. The molecule has 2 rings (SSSR count). The van der Waals surface area contributed by atoms with Crippen LogP contribution in [0.5, 0.6) is 5.75 Å². The zero-order valence-electron chi connectivity index (χ0n) is 12.6. The average molecular weight is 317 g/mol. The van der Waals surface area contributed by atoms with Gasteiger partial charge in [0, 0.05) is 11.6 Å². The zero-order chi connectivity index (χ0) is 16.8. The van der Waals surface area contributed by atoms with Crippen LogP contribution in [-0.4, -0.2) is 18.0 Å². The fraction of sp³-hybridized carbons (Fsp3) is 0.188. The number of carbonyl (C=O) groups excluding carboxylic acids is 1. The molecule has 0 N–H and O–H groups in total. The first-order valence-electron chi connectivity index (χ1n) is 6.72. The standard InChI is InChI=1S/C16H15NO6/c1-11-3-6-14(21-2)12(9-11)10-22-16(18)8-5-13-4-7-15(23-13)17(19)20/h3-9H,10H2,1-2H3/b8-5+. The molecular weight excluding hydrogens is 302 g/mol. The second-order valence-electron chi connectivity index (χ2n) is 4.69. The maximum Gasteiger partial charge on any atom is 0.433 e. The molecule has 0 aliphatic rings. The highest BCUT2D eigenvalue weighted by Gasteiger charge is 2.10. The molecule has 0 radical (unpaired) electrons. The highest BCUT2D eigenvalue weighted by Crippen LogP contribution is 2.21. The van der Waals surface area contributed by atoms with E-state index in [9.17, 15) is 14.9 Å². The van der Waals surface area contributed by atoms with Crippen molar-refractivity contribution >= 4 is 17.9 Å². The molecule has 0 bridgehead atoms. The lowest BCUT2D eigenvalue weighted by atomic mass is 10.1. The molecule has 0 unspecified atom stereocenters. The summed E-state index contributed by atoms with van der Waals surface area (Å²) in [5.41, 5.74) is 1.78. The molecule has 120 valence electrons. The third kappa shape index (κ3) is 4.44. The number of furan rings is 1. The molecule has 0 aliphatic carbocycles. The smallest absolute Gasteiger partial charge is 0.433 e. The summed E-state index contributed by atoms with van der Waals surface area (Å²) >= 11 is 0. The molecular formula is C16H15NO6. The van der Waals surface area contributed by atoms with Gasteiger partial charge in [-0.1, -0.05) is 11.6 Å². The summed E-state index contributed by atoms with van der Waals surface area (Å²) < 4.78 is 15.2. The molecule has 0 atom stereocenters. The Labute approximate surface area is 132 Å². The van der Waals surface area contributed by atoms with Crippen molar-refractivity contribution in [1.82, 2.24) is 0 Å². The predicted molar refractivity (Wildman–Crippen MR) is 81.9 cm³/mol. The van der Waals surface area contributed by atoms with Gasteiger partial charge in [-0.25, -0.2) is 4.79 Å². The van der Waals surface area contributed by atoms with Crippen LogP contribution in [0.15, 0.2) is 40.8 Å². The van der Waals surface area contributed by atoms with Crippen molar-refractivity contribution in [3.8, 4) is 5.75 Å². The number of carbonyl (C=O) groups is 1. The second-order valence-corrected chi connectivity index (χ2v) is 4.69. The largest absolute Gasteiger partial charge is 0.496 e. The summed E-state index contributed by atoms with van der Waals surface area (Å²) in [5.74, 6) is -0.147. The number of esters is 1. The minimum Gasteiger partial charge on any atom is -0.496 e. The normalized spacial score (nSPS) is 10.7. The van der Waals surface area contributed by atoms with Crippen LogP contribution in [0.1, 0.15) is 16.9 Å². The minimum absolute atomic E-state index is 0.0618. The number of hydrogen-bond donors (Lipinski definition) is 0. The molecule has 1 aromatic heterocycles. The van der Waals surface area contributed by atoms with Crippen LogP contribution in [-0.2, 0) is 16.1 Å². The number of methoxy groups -OCH3 is 1. The van der Waals surface area contributed by atoms with Gasteiger partial charge in [0.05, 0.1) is 13.2 Å². The van der Waals surface area contributed by atoms with E-state index in [1.165, 1.54) is 18.2 Å². The Morgan fingerprint density at radius 3 is 2.78 bits per heavy atom. The van der Waals surface area contributed by atoms with Crippen LogP contribution in [0.3, 0.4) is 0 Å². The summed E-state index contributed by atoms with van der Waals surface area (Å²) in [6.07, 6.45) is 2.45. The van der Waals surface area contributed by atoms with Gasteiger partial charge in [0.1, 0.15) is 23.0 Å². The first-order valence-corrected chi connectivity index (χ1v) is 6.72. The van der Waals surface area contributed by atoms with Crippen molar-refractivity contribution in [3.63, 3.8) is 0 Å². The van der Waals surface area contributed by atoms with Crippen LogP contribution in [0.25, 0.3) is 6.08 Å².